The Morgan fingerprint density at radius 3 is 2.94 bits per heavy atom. The Labute approximate surface area is 99.6 Å². The van der Waals surface area contributed by atoms with Crippen LogP contribution in [-0.2, 0) is 0 Å². The highest BCUT2D eigenvalue weighted by Gasteiger charge is 2.10. The number of anilines is 1. The lowest BCUT2D eigenvalue weighted by molar-refractivity contribution is 0.101. The van der Waals surface area contributed by atoms with Crippen LogP contribution in [0.3, 0.4) is 0 Å². The molecule has 0 aromatic carbocycles. The molecule has 2 aromatic rings. The maximum absolute atomic E-state index is 11.6. The minimum Gasteiger partial charge on any atom is -0.318 e. The second-order valence-electron chi connectivity index (χ2n) is 3.06. The number of hydrogen-bond donors (Lipinski definition) is 2. The van der Waals surface area contributed by atoms with Crippen LogP contribution in [0.2, 0.25) is 0 Å². The van der Waals surface area contributed by atoms with Crippen molar-refractivity contribution >= 4 is 27.5 Å². The van der Waals surface area contributed by atoms with Gasteiger partial charge in [0.05, 0.1) is 11.4 Å². The van der Waals surface area contributed by atoms with E-state index >= 15 is 0 Å². The highest BCUT2D eigenvalue weighted by molar-refractivity contribution is 9.10. The van der Waals surface area contributed by atoms with Gasteiger partial charge in [0.15, 0.2) is 0 Å². The first kappa shape index (κ1) is 10.7. The second-order valence-corrected chi connectivity index (χ2v) is 3.87. The molecular formula is C9H8BrN5O. The molecule has 0 saturated carbocycles. The average molecular weight is 282 g/mol. The Morgan fingerprint density at radius 1 is 1.50 bits per heavy atom. The summed E-state index contributed by atoms with van der Waals surface area (Å²) < 4.78 is 0.725. The van der Waals surface area contributed by atoms with Gasteiger partial charge in [0, 0.05) is 0 Å². The van der Waals surface area contributed by atoms with Crippen molar-refractivity contribution in [1.82, 2.24) is 20.2 Å². The van der Waals surface area contributed by atoms with Gasteiger partial charge >= 0.3 is 0 Å². The molecule has 0 spiro atoms. The van der Waals surface area contributed by atoms with Crippen LogP contribution < -0.4 is 5.32 Å². The van der Waals surface area contributed by atoms with Crippen molar-refractivity contribution in [1.29, 1.82) is 0 Å². The number of pyridine rings is 1. The number of H-pyrrole nitrogens is 1. The van der Waals surface area contributed by atoms with Crippen LogP contribution in [0.15, 0.2) is 23.1 Å². The Kier molecular flexibility index (Phi) is 2.95. The number of aromatic nitrogens is 4. The number of aryl methyl sites for hydroxylation is 1. The van der Waals surface area contributed by atoms with Crippen molar-refractivity contribution in [3.63, 3.8) is 0 Å². The first-order valence-corrected chi connectivity index (χ1v) is 5.26. The molecule has 6 nitrogen and oxygen atoms in total. The van der Waals surface area contributed by atoms with E-state index in [-0.39, 0.29) is 11.7 Å². The predicted octanol–water partition coefficient (Wildman–Crippen LogP) is 1.52. The summed E-state index contributed by atoms with van der Waals surface area (Å²) >= 11 is 3.25. The van der Waals surface area contributed by atoms with Gasteiger partial charge in [-0.1, -0.05) is 0 Å². The summed E-state index contributed by atoms with van der Waals surface area (Å²) in [6.45, 7) is 1.81. The standard InChI is InChI=1S/C9H8BrN5O/c1-5-6(2-3-7(10)13-5)14-9(16)8-11-4-12-15-8/h2-4H,1H3,(H,14,16)(H,11,12,15). The summed E-state index contributed by atoms with van der Waals surface area (Å²) in [7, 11) is 0. The van der Waals surface area contributed by atoms with Crippen LogP contribution in [0.25, 0.3) is 0 Å². The number of amides is 1. The minimum atomic E-state index is -0.343. The first-order valence-electron chi connectivity index (χ1n) is 4.46. The van der Waals surface area contributed by atoms with E-state index in [1.165, 1.54) is 6.33 Å². The topological polar surface area (TPSA) is 83.6 Å². The highest BCUT2D eigenvalue weighted by atomic mass is 79.9. The van der Waals surface area contributed by atoms with E-state index in [1.54, 1.807) is 19.1 Å². The van der Waals surface area contributed by atoms with Gasteiger partial charge in [-0.15, -0.1) is 0 Å². The SMILES string of the molecule is Cc1nc(Br)ccc1NC(=O)c1ncn[nH]1. The summed E-state index contributed by atoms with van der Waals surface area (Å²) in [5, 5.41) is 8.77. The normalized spacial score (nSPS) is 10.1. The van der Waals surface area contributed by atoms with E-state index in [4.69, 9.17) is 0 Å². The van der Waals surface area contributed by atoms with Crippen LogP contribution in [0.1, 0.15) is 16.3 Å². The predicted molar refractivity (Wildman–Crippen MR) is 61.0 cm³/mol. The molecule has 0 saturated heterocycles. The molecule has 0 fully saturated rings. The zero-order valence-electron chi connectivity index (χ0n) is 8.36. The van der Waals surface area contributed by atoms with E-state index in [9.17, 15) is 4.79 Å². The number of carbonyl (C=O) groups excluding carboxylic acids is 1. The molecule has 0 atom stereocenters. The summed E-state index contributed by atoms with van der Waals surface area (Å²) in [4.78, 5) is 19.5. The average Bonchev–Trinajstić information content (AvgIpc) is 2.75. The van der Waals surface area contributed by atoms with Gasteiger partial charge in [0.2, 0.25) is 5.82 Å². The number of hydrogen-bond acceptors (Lipinski definition) is 4. The largest absolute Gasteiger partial charge is 0.318 e. The van der Waals surface area contributed by atoms with Crippen LogP contribution >= 0.6 is 15.9 Å². The lowest BCUT2D eigenvalue weighted by atomic mass is 10.3. The quantitative estimate of drug-likeness (QED) is 0.818. The molecule has 0 bridgehead atoms. The molecule has 2 aromatic heterocycles. The van der Waals surface area contributed by atoms with E-state index in [0.29, 0.717) is 5.69 Å². The lowest BCUT2D eigenvalue weighted by Gasteiger charge is -2.05. The van der Waals surface area contributed by atoms with Crippen LogP contribution in [0.4, 0.5) is 5.69 Å². The molecule has 0 aliphatic carbocycles. The zero-order chi connectivity index (χ0) is 11.5. The molecule has 0 unspecified atom stereocenters. The Bertz CT molecular complexity index is 511. The van der Waals surface area contributed by atoms with Gasteiger partial charge < -0.3 is 5.32 Å². The summed E-state index contributed by atoms with van der Waals surface area (Å²) in [5.41, 5.74) is 1.37. The maximum atomic E-state index is 11.6. The van der Waals surface area contributed by atoms with Crippen molar-refractivity contribution in [3.05, 3.63) is 34.6 Å². The third-order valence-electron chi connectivity index (χ3n) is 1.93. The van der Waals surface area contributed by atoms with Crippen LogP contribution in [0, 0.1) is 6.92 Å². The third kappa shape index (κ3) is 2.25. The van der Waals surface area contributed by atoms with Crippen LogP contribution in [-0.4, -0.2) is 26.1 Å². The number of nitrogens with one attached hydrogen (secondary N) is 2. The molecule has 0 radical (unpaired) electrons. The smallest absolute Gasteiger partial charge is 0.293 e. The molecule has 82 valence electrons. The van der Waals surface area contributed by atoms with Crippen molar-refractivity contribution in [2.24, 2.45) is 0 Å². The summed E-state index contributed by atoms with van der Waals surface area (Å²) in [6, 6.07) is 3.52. The monoisotopic (exact) mass is 281 g/mol. The van der Waals surface area contributed by atoms with Crippen molar-refractivity contribution in [2.75, 3.05) is 5.32 Å². The number of carbonyl (C=O) groups is 1. The van der Waals surface area contributed by atoms with Crippen molar-refractivity contribution in [2.45, 2.75) is 6.92 Å². The fourth-order valence-corrected chi connectivity index (χ4v) is 1.56. The minimum absolute atomic E-state index is 0.169. The molecule has 16 heavy (non-hydrogen) atoms. The molecule has 2 N–H and O–H groups in total. The summed E-state index contributed by atoms with van der Waals surface area (Å²) in [5.74, 6) is -0.174. The maximum Gasteiger partial charge on any atom is 0.293 e. The number of aromatic amines is 1. The van der Waals surface area contributed by atoms with Gasteiger partial charge in [-0.3, -0.25) is 9.89 Å². The van der Waals surface area contributed by atoms with Gasteiger partial charge in [-0.2, -0.15) is 5.10 Å². The third-order valence-corrected chi connectivity index (χ3v) is 2.37. The fraction of sp³-hybridized carbons (Fsp3) is 0.111. The van der Waals surface area contributed by atoms with Crippen molar-refractivity contribution in [3.8, 4) is 0 Å². The molecule has 2 heterocycles. The molecule has 1 amide bonds. The second kappa shape index (κ2) is 4.40. The van der Waals surface area contributed by atoms with Gasteiger partial charge in [0.25, 0.3) is 5.91 Å². The van der Waals surface area contributed by atoms with Gasteiger partial charge in [-0.25, -0.2) is 9.97 Å². The number of nitrogens with zero attached hydrogens (tertiary/aromatic N) is 3. The van der Waals surface area contributed by atoms with Crippen molar-refractivity contribution < 1.29 is 4.79 Å². The molecule has 7 heteroatoms. The van der Waals surface area contributed by atoms with E-state index < -0.39 is 0 Å². The first-order chi connectivity index (χ1) is 7.66. The highest BCUT2D eigenvalue weighted by Crippen LogP contribution is 2.16. The van der Waals surface area contributed by atoms with Crippen LogP contribution in [0.5, 0.6) is 0 Å². The Hall–Kier alpha value is -1.76. The zero-order valence-corrected chi connectivity index (χ0v) is 9.95. The number of rotatable bonds is 2. The Balaban J connectivity index is 2.18. The molecule has 0 aliphatic heterocycles. The number of halogens is 1. The molecule has 0 aliphatic rings. The fourth-order valence-electron chi connectivity index (χ4n) is 1.16. The van der Waals surface area contributed by atoms with Gasteiger partial charge in [-0.05, 0) is 35.0 Å². The van der Waals surface area contributed by atoms with E-state index in [0.717, 1.165) is 10.3 Å². The molecule has 2 rings (SSSR count). The Morgan fingerprint density at radius 2 is 2.31 bits per heavy atom. The lowest BCUT2D eigenvalue weighted by Crippen LogP contribution is -2.14. The van der Waals surface area contributed by atoms with E-state index in [2.05, 4.69) is 41.4 Å². The molecular weight excluding hydrogens is 274 g/mol. The summed E-state index contributed by atoms with van der Waals surface area (Å²) in [6.07, 6.45) is 1.28. The van der Waals surface area contributed by atoms with E-state index in [1.807, 2.05) is 0 Å². The van der Waals surface area contributed by atoms with Gasteiger partial charge in [0.1, 0.15) is 10.9 Å².